The van der Waals surface area contributed by atoms with Gasteiger partial charge in [-0.05, 0) is 65.0 Å². The van der Waals surface area contributed by atoms with E-state index in [1.54, 1.807) is 0 Å². The van der Waals surface area contributed by atoms with Crippen LogP contribution in [0.4, 0.5) is 0 Å². The summed E-state index contributed by atoms with van der Waals surface area (Å²) in [6, 6.07) is 9.83. The van der Waals surface area contributed by atoms with E-state index in [0.717, 1.165) is 29.9 Å². The Bertz CT molecular complexity index is 887. The predicted molar refractivity (Wildman–Crippen MR) is 83.1 cm³/mol. The van der Waals surface area contributed by atoms with E-state index < -0.39 is 11.9 Å². The molecule has 0 saturated heterocycles. The summed E-state index contributed by atoms with van der Waals surface area (Å²) in [6.07, 6.45) is 4.20. The zero-order valence-electron chi connectivity index (χ0n) is 14.6. The van der Waals surface area contributed by atoms with Crippen LogP contribution in [0.5, 0.6) is 0 Å². The Morgan fingerprint density at radius 2 is 1.64 bits per heavy atom. The second-order valence-corrected chi connectivity index (χ2v) is 5.65. The van der Waals surface area contributed by atoms with Gasteiger partial charge in [0.05, 0.1) is 11.9 Å². The molecule has 0 fully saturated rings. The summed E-state index contributed by atoms with van der Waals surface area (Å²) in [4.78, 5) is 22.0. The number of benzene rings is 2. The quantitative estimate of drug-likeness (QED) is 0.313. The van der Waals surface area contributed by atoms with Crippen molar-refractivity contribution < 1.29 is 78.9 Å². The molecule has 25 heavy (non-hydrogen) atoms. The van der Waals surface area contributed by atoms with E-state index in [-0.39, 0.29) is 70.3 Å². The predicted octanol–water partition coefficient (Wildman–Crippen LogP) is -5.22. The number of hydrogen-bond donors (Lipinski definition) is 0. The molecule has 0 atom stereocenters. The van der Waals surface area contributed by atoms with Gasteiger partial charge < -0.3 is 19.8 Å². The van der Waals surface area contributed by atoms with Gasteiger partial charge in [0, 0.05) is 5.57 Å². The summed E-state index contributed by atoms with van der Waals surface area (Å²) in [5, 5.41) is 24.2. The van der Waals surface area contributed by atoms with Crippen LogP contribution in [0.25, 0.3) is 16.8 Å². The van der Waals surface area contributed by atoms with E-state index in [1.165, 1.54) is 29.5 Å². The first-order chi connectivity index (χ1) is 11.0. The van der Waals surface area contributed by atoms with Crippen molar-refractivity contribution in [3.63, 3.8) is 0 Å². The van der Waals surface area contributed by atoms with Crippen LogP contribution in [-0.4, -0.2) is 11.9 Å². The molecule has 0 aromatic heterocycles. The van der Waals surface area contributed by atoms with Gasteiger partial charge in [-0.1, -0.05) is 30.3 Å². The van der Waals surface area contributed by atoms with Crippen molar-refractivity contribution in [2.24, 2.45) is 0 Å². The number of carboxylic acid groups (broad SMARTS) is 2. The van der Waals surface area contributed by atoms with Gasteiger partial charge in [-0.25, -0.2) is 0 Å². The largest absolute Gasteiger partial charge is 1.00 e. The van der Waals surface area contributed by atoms with Gasteiger partial charge in [-0.2, -0.15) is 0 Å². The Balaban J connectivity index is 0.00000156. The topological polar surface area (TPSA) is 80.3 Å². The van der Waals surface area contributed by atoms with Crippen LogP contribution >= 0.6 is 0 Å². The first-order valence-electron chi connectivity index (χ1n) is 7.33. The molecule has 0 bridgehead atoms. The molecule has 3 rings (SSSR count). The molecule has 0 saturated carbocycles. The van der Waals surface area contributed by atoms with Gasteiger partial charge in [0.1, 0.15) is 0 Å². The molecule has 0 spiro atoms. The molecule has 116 valence electrons. The third-order valence-corrected chi connectivity index (χ3v) is 4.19. The van der Waals surface area contributed by atoms with Crippen LogP contribution in [0.2, 0.25) is 0 Å². The average Bonchev–Trinajstić information content (AvgIpc) is 2.90. The standard InChI is InChI=1S/C19H16O4.2Na/c1-11(9-17(20)21)16(19(22)23)10-14-8-7-13-6-5-12-3-2-4-15(14)18(12)13;;/h2-4,7-10H,5-6H2,1H3,(H,20,21)(H,22,23);;/q;2*+1/p-2. The summed E-state index contributed by atoms with van der Waals surface area (Å²) in [5.74, 6) is -2.85. The van der Waals surface area contributed by atoms with Crippen molar-refractivity contribution in [3.05, 3.63) is 64.2 Å². The smallest absolute Gasteiger partial charge is 0.545 e. The van der Waals surface area contributed by atoms with Gasteiger partial charge in [0.25, 0.3) is 0 Å². The van der Waals surface area contributed by atoms with E-state index in [4.69, 9.17) is 0 Å². The molecule has 0 amide bonds. The van der Waals surface area contributed by atoms with Crippen LogP contribution < -0.4 is 69.3 Å². The van der Waals surface area contributed by atoms with E-state index >= 15 is 0 Å². The van der Waals surface area contributed by atoms with Gasteiger partial charge in [-0.3, -0.25) is 0 Å². The molecule has 0 radical (unpaired) electrons. The van der Waals surface area contributed by atoms with Crippen LogP contribution in [0, 0.1) is 0 Å². The molecule has 1 aliphatic rings. The van der Waals surface area contributed by atoms with Crippen LogP contribution in [0.15, 0.2) is 47.6 Å². The molecular weight excluding hydrogens is 338 g/mol. The Morgan fingerprint density at radius 1 is 1.00 bits per heavy atom. The third kappa shape index (κ3) is 4.64. The van der Waals surface area contributed by atoms with Crippen LogP contribution in [0.3, 0.4) is 0 Å². The van der Waals surface area contributed by atoms with Crippen molar-refractivity contribution in [1.82, 2.24) is 0 Å². The fourth-order valence-corrected chi connectivity index (χ4v) is 3.14. The molecule has 2 aromatic carbocycles. The molecule has 0 aliphatic heterocycles. The van der Waals surface area contributed by atoms with Crippen molar-refractivity contribution in [2.75, 3.05) is 0 Å². The SMILES string of the molecule is CC(=CC(=O)[O-])C(=Cc1ccc2c3c(cccc13)CC2)C(=O)[O-].[Na+].[Na+]. The fourth-order valence-electron chi connectivity index (χ4n) is 3.14. The van der Waals surface area contributed by atoms with Gasteiger partial charge in [0.15, 0.2) is 0 Å². The summed E-state index contributed by atoms with van der Waals surface area (Å²) in [5.41, 5.74) is 3.17. The molecule has 6 heteroatoms. The molecule has 2 aromatic rings. The zero-order chi connectivity index (χ0) is 16.6. The maximum Gasteiger partial charge on any atom is 1.00 e. The van der Waals surface area contributed by atoms with Crippen LogP contribution in [0.1, 0.15) is 23.6 Å². The Morgan fingerprint density at radius 3 is 2.24 bits per heavy atom. The maximum atomic E-state index is 11.4. The second kappa shape index (κ2) is 9.17. The number of aryl methyl sites for hydroxylation is 2. The first kappa shape index (κ1) is 22.2. The van der Waals surface area contributed by atoms with E-state index in [1.807, 2.05) is 24.3 Å². The van der Waals surface area contributed by atoms with Gasteiger partial charge in [0.2, 0.25) is 0 Å². The van der Waals surface area contributed by atoms with Crippen LogP contribution in [-0.2, 0) is 22.4 Å². The molecule has 0 heterocycles. The molecule has 0 N–H and O–H groups in total. The Hall–Kier alpha value is -0.880. The number of carbonyl (C=O) groups is 2. The van der Waals surface area contributed by atoms with E-state index in [9.17, 15) is 19.8 Å². The number of rotatable bonds is 4. The summed E-state index contributed by atoms with van der Waals surface area (Å²) in [6.45, 7) is 1.41. The second-order valence-electron chi connectivity index (χ2n) is 5.65. The monoisotopic (exact) mass is 352 g/mol. The molecule has 0 unspecified atom stereocenters. The minimum absolute atomic E-state index is 0. The normalized spacial score (nSPS) is 13.2. The first-order valence-corrected chi connectivity index (χ1v) is 7.33. The van der Waals surface area contributed by atoms with Crippen molar-refractivity contribution in [3.8, 4) is 0 Å². The van der Waals surface area contributed by atoms with Crippen molar-refractivity contribution in [1.29, 1.82) is 0 Å². The Kier molecular flexibility index (Phi) is 8.13. The molecule has 1 aliphatic carbocycles. The minimum atomic E-state index is -1.44. The third-order valence-electron chi connectivity index (χ3n) is 4.19. The van der Waals surface area contributed by atoms with Crippen molar-refractivity contribution >= 4 is 28.8 Å². The Labute approximate surface area is 190 Å². The van der Waals surface area contributed by atoms with E-state index in [2.05, 4.69) is 6.07 Å². The average molecular weight is 352 g/mol. The van der Waals surface area contributed by atoms with E-state index in [0.29, 0.717) is 0 Å². The number of hydrogen-bond acceptors (Lipinski definition) is 4. The fraction of sp³-hybridized carbons (Fsp3) is 0.158. The van der Waals surface area contributed by atoms with Crippen molar-refractivity contribution in [2.45, 2.75) is 19.8 Å². The minimum Gasteiger partial charge on any atom is -0.545 e. The summed E-state index contributed by atoms with van der Waals surface area (Å²) < 4.78 is 0. The zero-order valence-corrected chi connectivity index (χ0v) is 18.6. The molecular formula is C19H14Na2O4. The maximum absolute atomic E-state index is 11.4. The molecule has 4 nitrogen and oxygen atoms in total. The number of carboxylic acids is 2. The summed E-state index contributed by atoms with van der Waals surface area (Å²) >= 11 is 0. The number of carbonyl (C=O) groups excluding carboxylic acids is 2. The summed E-state index contributed by atoms with van der Waals surface area (Å²) in [7, 11) is 0. The van der Waals surface area contributed by atoms with Gasteiger partial charge >= 0.3 is 59.1 Å². The van der Waals surface area contributed by atoms with Gasteiger partial charge in [-0.15, -0.1) is 0 Å². The number of aliphatic carboxylic acids is 2.